The lowest BCUT2D eigenvalue weighted by Gasteiger charge is -2.30. The Morgan fingerprint density at radius 2 is 1.79 bits per heavy atom. The van der Waals surface area contributed by atoms with Crippen LogP contribution in [0.5, 0.6) is 0 Å². The number of nitrogens with zero attached hydrogens (tertiary/aromatic N) is 2. The van der Waals surface area contributed by atoms with E-state index in [-0.39, 0.29) is 38.4 Å². The third-order valence-corrected chi connectivity index (χ3v) is 7.12. The van der Waals surface area contributed by atoms with Gasteiger partial charge in [-0.05, 0) is 37.8 Å². The number of carbonyl (C=O) groups is 3. The van der Waals surface area contributed by atoms with Crippen LogP contribution in [0, 0.1) is 5.41 Å². The van der Waals surface area contributed by atoms with Crippen molar-refractivity contribution in [2.45, 2.75) is 56.8 Å². The predicted octanol–water partition coefficient (Wildman–Crippen LogP) is 2.81. The Bertz CT molecular complexity index is 902. The Labute approximate surface area is 190 Å². The molecule has 33 heavy (non-hydrogen) atoms. The van der Waals surface area contributed by atoms with Crippen molar-refractivity contribution in [1.82, 2.24) is 20.4 Å². The molecule has 0 radical (unpaired) electrons. The Morgan fingerprint density at radius 3 is 2.45 bits per heavy atom. The van der Waals surface area contributed by atoms with E-state index < -0.39 is 35.6 Å². The number of benzene rings is 1. The summed E-state index contributed by atoms with van der Waals surface area (Å²) in [7, 11) is 0. The summed E-state index contributed by atoms with van der Waals surface area (Å²) in [6, 6.07) is 8.73. The van der Waals surface area contributed by atoms with Gasteiger partial charge in [-0.2, -0.15) is 13.2 Å². The topological polar surface area (TPSA) is 81.8 Å². The van der Waals surface area contributed by atoms with Crippen LogP contribution >= 0.6 is 0 Å². The van der Waals surface area contributed by atoms with Gasteiger partial charge in [-0.1, -0.05) is 43.2 Å². The SMILES string of the molecule is O=C1NC2(CCCC2)C(=O)N1CCCNC(=O)C1(C(F)(F)F)CCN(Cc2ccccc2)C1. The molecule has 180 valence electrons. The first-order valence-electron chi connectivity index (χ1n) is 11.4. The minimum atomic E-state index is -4.68. The molecule has 2 N–H and O–H groups in total. The number of alkyl halides is 3. The van der Waals surface area contributed by atoms with Gasteiger partial charge in [0.15, 0.2) is 5.41 Å². The first-order valence-corrected chi connectivity index (χ1v) is 11.4. The molecule has 0 bridgehead atoms. The molecule has 7 nitrogen and oxygen atoms in total. The number of halogens is 3. The summed E-state index contributed by atoms with van der Waals surface area (Å²) >= 11 is 0. The lowest BCUT2D eigenvalue weighted by Crippen LogP contribution is -2.52. The van der Waals surface area contributed by atoms with Gasteiger partial charge in [-0.3, -0.25) is 19.4 Å². The fourth-order valence-corrected chi connectivity index (χ4v) is 5.22. The van der Waals surface area contributed by atoms with Crippen molar-refractivity contribution in [1.29, 1.82) is 0 Å². The second-order valence-corrected chi connectivity index (χ2v) is 9.31. The van der Waals surface area contributed by atoms with Crippen molar-refractivity contribution >= 4 is 17.8 Å². The zero-order valence-corrected chi connectivity index (χ0v) is 18.4. The van der Waals surface area contributed by atoms with Crippen molar-refractivity contribution in [3.8, 4) is 0 Å². The second kappa shape index (κ2) is 8.96. The van der Waals surface area contributed by atoms with Crippen LogP contribution in [0.1, 0.15) is 44.1 Å². The molecule has 1 unspecified atom stereocenters. The lowest BCUT2D eigenvalue weighted by atomic mass is 9.85. The Morgan fingerprint density at radius 1 is 1.09 bits per heavy atom. The van der Waals surface area contributed by atoms with Gasteiger partial charge in [-0.15, -0.1) is 0 Å². The molecule has 4 amide bonds. The van der Waals surface area contributed by atoms with Crippen molar-refractivity contribution in [3.63, 3.8) is 0 Å². The van der Waals surface area contributed by atoms with Crippen LogP contribution in [-0.4, -0.2) is 65.5 Å². The monoisotopic (exact) mass is 466 g/mol. The van der Waals surface area contributed by atoms with Gasteiger partial charge in [0.05, 0.1) is 0 Å². The molecule has 4 rings (SSSR count). The summed E-state index contributed by atoms with van der Waals surface area (Å²) in [5.41, 5.74) is -2.38. The van der Waals surface area contributed by atoms with Crippen LogP contribution in [0.2, 0.25) is 0 Å². The third kappa shape index (κ3) is 4.45. The number of imide groups is 1. The number of nitrogens with one attached hydrogen (secondary N) is 2. The van der Waals surface area contributed by atoms with E-state index in [0.717, 1.165) is 23.3 Å². The molecule has 2 heterocycles. The van der Waals surface area contributed by atoms with E-state index in [0.29, 0.717) is 19.4 Å². The highest BCUT2D eigenvalue weighted by Gasteiger charge is 2.62. The van der Waals surface area contributed by atoms with Crippen LogP contribution in [-0.2, 0) is 16.1 Å². The summed E-state index contributed by atoms with van der Waals surface area (Å²) in [5.74, 6) is -1.31. The van der Waals surface area contributed by atoms with Crippen molar-refractivity contribution in [2.24, 2.45) is 5.41 Å². The van der Waals surface area contributed by atoms with Crippen LogP contribution in [0.4, 0.5) is 18.0 Å². The molecule has 1 aliphatic carbocycles. The maximum absolute atomic E-state index is 14.0. The zero-order valence-electron chi connectivity index (χ0n) is 18.4. The molecule has 3 fully saturated rings. The molecular weight excluding hydrogens is 437 g/mol. The van der Waals surface area contributed by atoms with Gasteiger partial charge >= 0.3 is 12.2 Å². The fourth-order valence-electron chi connectivity index (χ4n) is 5.22. The molecular formula is C23H29F3N4O3. The van der Waals surface area contributed by atoms with Gasteiger partial charge in [0.1, 0.15) is 5.54 Å². The Balaban J connectivity index is 1.31. The maximum Gasteiger partial charge on any atom is 0.404 e. The van der Waals surface area contributed by atoms with Crippen molar-refractivity contribution in [2.75, 3.05) is 26.2 Å². The van der Waals surface area contributed by atoms with E-state index >= 15 is 0 Å². The first-order chi connectivity index (χ1) is 15.7. The molecule has 3 aliphatic rings. The van der Waals surface area contributed by atoms with E-state index in [1.807, 2.05) is 30.3 Å². The van der Waals surface area contributed by atoms with Crippen molar-refractivity contribution < 1.29 is 27.6 Å². The summed E-state index contributed by atoms with van der Waals surface area (Å²) in [6.07, 6.45) is -1.82. The average molecular weight is 467 g/mol. The number of likely N-dealkylation sites (tertiary alicyclic amines) is 1. The minimum Gasteiger partial charge on any atom is -0.355 e. The van der Waals surface area contributed by atoms with Crippen molar-refractivity contribution in [3.05, 3.63) is 35.9 Å². The number of hydrogen-bond acceptors (Lipinski definition) is 4. The van der Waals surface area contributed by atoms with E-state index in [9.17, 15) is 27.6 Å². The highest BCUT2D eigenvalue weighted by Crippen LogP contribution is 2.46. The standard InChI is InChI=1S/C23H29F3N4O3/c24-23(25,26)21(11-14-29(16-21)15-17-7-2-1-3-8-17)18(31)27-12-6-13-30-19(32)22(28-20(30)33)9-4-5-10-22/h1-3,7-8H,4-6,9-16H2,(H,27,31)(H,28,33). The molecule has 1 atom stereocenters. The highest BCUT2D eigenvalue weighted by molar-refractivity contribution is 6.07. The molecule has 1 spiro atoms. The van der Waals surface area contributed by atoms with Crippen LogP contribution in [0.15, 0.2) is 30.3 Å². The maximum atomic E-state index is 14.0. The van der Waals surface area contributed by atoms with Gasteiger partial charge in [0, 0.05) is 26.2 Å². The molecule has 0 aromatic heterocycles. The number of urea groups is 1. The second-order valence-electron chi connectivity index (χ2n) is 9.31. The quantitative estimate of drug-likeness (QED) is 0.478. The number of carbonyl (C=O) groups excluding carboxylic acids is 3. The lowest BCUT2D eigenvalue weighted by molar-refractivity contribution is -0.218. The summed E-state index contributed by atoms with van der Waals surface area (Å²) in [6.45, 7) is 0.143. The Hall–Kier alpha value is -2.62. The van der Waals surface area contributed by atoms with Gasteiger partial charge in [-0.25, -0.2) is 4.79 Å². The summed E-state index contributed by atoms with van der Waals surface area (Å²) < 4.78 is 42.0. The predicted molar refractivity (Wildman–Crippen MR) is 114 cm³/mol. The van der Waals surface area contributed by atoms with Gasteiger partial charge in [0.25, 0.3) is 5.91 Å². The van der Waals surface area contributed by atoms with Crippen LogP contribution < -0.4 is 10.6 Å². The van der Waals surface area contributed by atoms with Gasteiger partial charge in [0.2, 0.25) is 5.91 Å². The number of rotatable bonds is 7. The summed E-state index contributed by atoms with van der Waals surface area (Å²) in [5, 5.41) is 5.19. The number of hydrogen-bond donors (Lipinski definition) is 2. The average Bonchev–Trinajstić information content (AvgIpc) is 3.47. The van der Waals surface area contributed by atoms with E-state index in [1.54, 1.807) is 4.90 Å². The minimum absolute atomic E-state index is 0.0423. The zero-order chi connectivity index (χ0) is 23.7. The third-order valence-electron chi connectivity index (χ3n) is 7.12. The molecule has 10 heteroatoms. The largest absolute Gasteiger partial charge is 0.404 e. The van der Waals surface area contributed by atoms with E-state index in [4.69, 9.17) is 0 Å². The Kier molecular flexibility index (Phi) is 6.39. The first kappa shape index (κ1) is 23.5. The van der Waals surface area contributed by atoms with Crippen LogP contribution in [0.25, 0.3) is 0 Å². The van der Waals surface area contributed by atoms with Crippen LogP contribution in [0.3, 0.4) is 0 Å². The fraction of sp³-hybridized carbons (Fsp3) is 0.609. The van der Waals surface area contributed by atoms with E-state index in [2.05, 4.69) is 10.6 Å². The number of amides is 4. The molecule has 1 aromatic carbocycles. The summed E-state index contributed by atoms with van der Waals surface area (Å²) in [4.78, 5) is 40.3. The van der Waals surface area contributed by atoms with Gasteiger partial charge < -0.3 is 10.6 Å². The normalized spacial score (nSPS) is 25.1. The smallest absolute Gasteiger partial charge is 0.355 e. The van der Waals surface area contributed by atoms with E-state index in [1.165, 1.54) is 0 Å². The molecule has 2 aliphatic heterocycles. The molecule has 2 saturated heterocycles. The molecule has 1 saturated carbocycles. The highest BCUT2D eigenvalue weighted by atomic mass is 19.4. The molecule has 1 aromatic rings.